The van der Waals surface area contributed by atoms with Crippen molar-refractivity contribution in [2.24, 2.45) is 0 Å². The highest BCUT2D eigenvalue weighted by molar-refractivity contribution is 7.15. The molecule has 152 valence electrons. The van der Waals surface area contributed by atoms with Gasteiger partial charge in [-0.2, -0.15) is 0 Å². The molecule has 0 unspecified atom stereocenters. The molecule has 0 atom stereocenters. The third-order valence-corrected chi connectivity index (χ3v) is 7.12. The number of hydrogen-bond donors (Lipinski definition) is 1. The van der Waals surface area contributed by atoms with Crippen molar-refractivity contribution in [3.63, 3.8) is 0 Å². The summed E-state index contributed by atoms with van der Waals surface area (Å²) in [6.07, 6.45) is 3.99. The van der Waals surface area contributed by atoms with Gasteiger partial charge in [-0.05, 0) is 73.2 Å². The van der Waals surface area contributed by atoms with E-state index in [0.717, 1.165) is 56.4 Å². The number of pyridine rings is 3. The maximum atomic E-state index is 12.3. The lowest BCUT2D eigenvalue weighted by atomic mass is 9.97. The number of nitrogens with zero attached hydrogens (tertiary/aromatic N) is 2. The summed E-state index contributed by atoms with van der Waals surface area (Å²) >= 11 is 8.31. The summed E-state index contributed by atoms with van der Waals surface area (Å²) in [4.78, 5) is 26.9. The number of aryl methyl sites for hydroxylation is 1. The van der Waals surface area contributed by atoms with Crippen LogP contribution < -0.4 is 5.56 Å². The summed E-state index contributed by atoms with van der Waals surface area (Å²) in [5, 5.41) is 2.62. The summed E-state index contributed by atoms with van der Waals surface area (Å²) in [6, 6.07) is 16.1. The van der Waals surface area contributed by atoms with E-state index in [9.17, 15) is 4.79 Å². The molecule has 1 aliphatic carbocycles. The standard InChI is InChI=1S/C25H18ClN3OS/c1-13-4-7-21(31-13)24-18(16-9-15-3-2-8-27-23(15)20(26)10-16)11-19-17(14-5-6-14)12-22(30)28-25(19)29-24/h2-4,7-12,14H,5-6H2,1H3,(H,28,29,30). The van der Waals surface area contributed by atoms with Crippen LogP contribution in [0.5, 0.6) is 0 Å². The molecule has 6 rings (SSSR count). The zero-order chi connectivity index (χ0) is 21.1. The van der Waals surface area contributed by atoms with Crippen LogP contribution in [0.2, 0.25) is 5.02 Å². The molecule has 0 amide bonds. The van der Waals surface area contributed by atoms with Crippen LogP contribution in [0.3, 0.4) is 0 Å². The van der Waals surface area contributed by atoms with E-state index in [1.165, 1.54) is 4.88 Å². The molecule has 0 saturated heterocycles. The molecule has 4 aromatic heterocycles. The first-order chi connectivity index (χ1) is 15.1. The number of nitrogens with one attached hydrogen (secondary N) is 1. The second-order valence-corrected chi connectivity index (χ2v) is 9.78. The van der Waals surface area contributed by atoms with Crippen molar-refractivity contribution < 1.29 is 0 Å². The zero-order valence-corrected chi connectivity index (χ0v) is 18.3. The molecule has 4 heterocycles. The van der Waals surface area contributed by atoms with Gasteiger partial charge in [-0.25, -0.2) is 4.98 Å². The molecule has 0 radical (unpaired) electrons. The van der Waals surface area contributed by atoms with Gasteiger partial charge in [0, 0.05) is 33.5 Å². The van der Waals surface area contributed by atoms with Crippen LogP contribution in [0.1, 0.15) is 29.2 Å². The molecule has 5 aromatic rings. The van der Waals surface area contributed by atoms with Crippen molar-refractivity contribution in [3.05, 3.63) is 80.5 Å². The Morgan fingerprint density at radius 3 is 2.77 bits per heavy atom. The highest BCUT2D eigenvalue weighted by Gasteiger charge is 2.27. The number of hydrogen-bond acceptors (Lipinski definition) is 4. The highest BCUT2D eigenvalue weighted by Crippen LogP contribution is 2.44. The molecular weight excluding hydrogens is 426 g/mol. The third kappa shape index (κ3) is 3.25. The second-order valence-electron chi connectivity index (χ2n) is 8.09. The van der Waals surface area contributed by atoms with Crippen molar-refractivity contribution in [3.8, 4) is 21.7 Å². The predicted octanol–water partition coefficient (Wildman–Crippen LogP) is 6.71. The molecule has 0 spiro atoms. The Morgan fingerprint density at radius 2 is 2.00 bits per heavy atom. The van der Waals surface area contributed by atoms with E-state index in [-0.39, 0.29) is 5.56 Å². The van der Waals surface area contributed by atoms with Crippen molar-refractivity contribution in [2.45, 2.75) is 25.7 Å². The number of thiophene rings is 1. The van der Waals surface area contributed by atoms with E-state index in [4.69, 9.17) is 16.6 Å². The molecule has 1 fully saturated rings. The van der Waals surface area contributed by atoms with Crippen LogP contribution in [0.4, 0.5) is 0 Å². The summed E-state index contributed by atoms with van der Waals surface area (Å²) in [7, 11) is 0. The third-order valence-electron chi connectivity index (χ3n) is 5.82. The molecular formula is C25H18ClN3OS. The Bertz CT molecular complexity index is 1550. The van der Waals surface area contributed by atoms with Crippen LogP contribution in [-0.4, -0.2) is 15.0 Å². The van der Waals surface area contributed by atoms with Crippen LogP contribution >= 0.6 is 22.9 Å². The number of benzene rings is 1. The summed E-state index contributed by atoms with van der Waals surface area (Å²) in [5.74, 6) is 0.443. The molecule has 31 heavy (non-hydrogen) atoms. The summed E-state index contributed by atoms with van der Waals surface area (Å²) in [6.45, 7) is 2.08. The van der Waals surface area contributed by atoms with E-state index in [1.807, 2.05) is 18.2 Å². The van der Waals surface area contributed by atoms with E-state index < -0.39 is 0 Å². The highest BCUT2D eigenvalue weighted by atomic mass is 35.5. The smallest absolute Gasteiger partial charge is 0.249 e. The van der Waals surface area contributed by atoms with Gasteiger partial charge in [0.1, 0.15) is 5.65 Å². The van der Waals surface area contributed by atoms with Gasteiger partial charge in [0.25, 0.3) is 0 Å². The largest absolute Gasteiger partial charge is 0.307 e. The maximum Gasteiger partial charge on any atom is 0.249 e. The van der Waals surface area contributed by atoms with Gasteiger partial charge in [0.05, 0.1) is 21.1 Å². The lowest BCUT2D eigenvalue weighted by molar-refractivity contribution is 1.11. The van der Waals surface area contributed by atoms with Crippen molar-refractivity contribution in [1.82, 2.24) is 15.0 Å². The number of H-pyrrole nitrogens is 1. The van der Waals surface area contributed by atoms with Crippen molar-refractivity contribution in [2.75, 3.05) is 0 Å². The van der Waals surface area contributed by atoms with Gasteiger partial charge in [0.15, 0.2) is 0 Å². The van der Waals surface area contributed by atoms with Gasteiger partial charge in [-0.15, -0.1) is 11.3 Å². The van der Waals surface area contributed by atoms with Crippen LogP contribution in [0.15, 0.2) is 59.5 Å². The zero-order valence-electron chi connectivity index (χ0n) is 16.8. The number of halogens is 1. The lowest BCUT2D eigenvalue weighted by Gasteiger charge is -2.13. The van der Waals surface area contributed by atoms with Crippen molar-refractivity contribution >= 4 is 44.9 Å². The SMILES string of the molecule is Cc1ccc(-c2nc3[nH]c(=O)cc(C4CC4)c3cc2-c2cc(Cl)c3ncccc3c2)s1. The average molecular weight is 444 g/mol. The molecule has 6 heteroatoms. The van der Waals surface area contributed by atoms with Crippen molar-refractivity contribution in [1.29, 1.82) is 0 Å². The molecule has 0 aliphatic heterocycles. The minimum atomic E-state index is -0.0946. The number of rotatable bonds is 3. The molecule has 4 nitrogen and oxygen atoms in total. The average Bonchev–Trinajstić information content (AvgIpc) is 3.52. The van der Waals surface area contributed by atoms with Gasteiger partial charge in [-0.3, -0.25) is 9.78 Å². The second kappa shape index (κ2) is 7.01. The van der Waals surface area contributed by atoms with E-state index in [0.29, 0.717) is 16.6 Å². The normalized spacial score (nSPS) is 13.9. The van der Waals surface area contributed by atoms with Gasteiger partial charge < -0.3 is 4.98 Å². The summed E-state index contributed by atoms with van der Waals surface area (Å²) < 4.78 is 0. The Hall–Kier alpha value is -3.02. The fourth-order valence-electron chi connectivity index (χ4n) is 4.21. The van der Waals surface area contributed by atoms with E-state index in [2.05, 4.69) is 41.2 Å². The Labute approximate surface area is 187 Å². The van der Waals surface area contributed by atoms with E-state index >= 15 is 0 Å². The molecule has 0 bridgehead atoms. The Balaban J connectivity index is 1.69. The van der Waals surface area contributed by atoms with Gasteiger partial charge in [0.2, 0.25) is 5.56 Å². The fourth-order valence-corrected chi connectivity index (χ4v) is 5.35. The Kier molecular flexibility index (Phi) is 4.23. The van der Waals surface area contributed by atoms with Crippen LogP contribution in [-0.2, 0) is 0 Å². The summed E-state index contributed by atoms with van der Waals surface area (Å²) in [5.41, 5.74) is 5.29. The lowest BCUT2D eigenvalue weighted by Crippen LogP contribution is -2.08. The Morgan fingerprint density at radius 1 is 1.13 bits per heavy atom. The molecule has 1 N–H and O–H groups in total. The van der Waals surface area contributed by atoms with Crippen LogP contribution in [0.25, 0.3) is 43.6 Å². The van der Waals surface area contributed by atoms with E-state index in [1.54, 1.807) is 23.6 Å². The fraction of sp³-hybridized carbons (Fsp3) is 0.160. The van der Waals surface area contributed by atoms with Gasteiger partial charge >= 0.3 is 0 Å². The first kappa shape index (κ1) is 18.7. The minimum absolute atomic E-state index is 0.0946. The molecule has 1 aromatic carbocycles. The number of aromatic amines is 1. The minimum Gasteiger partial charge on any atom is -0.307 e. The first-order valence-corrected chi connectivity index (χ1v) is 11.5. The first-order valence-electron chi connectivity index (χ1n) is 10.3. The quantitative estimate of drug-likeness (QED) is 0.337. The van der Waals surface area contributed by atoms with Crippen LogP contribution in [0, 0.1) is 6.92 Å². The monoisotopic (exact) mass is 443 g/mol. The molecule has 1 saturated carbocycles. The molecule has 1 aliphatic rings. The maximum absolute atomic E-state index is 12.3. The topological polar surface area (TPSA) is 58.6 Å². The number of fused-ring (bicyclic) bond motifs is 2. The predicted molar refractivity (Wildman–Crippen MR) is 128 cm³/mol. The number of aromatic nitrogens is 3. The van der Waals surface area contributed by atoms with Gasteiger partial charge in [-0.1, -0.05) is 17.7 Å².